The Labute approximate surface area is 109 Å². The number of hydrogen-bond donors (Lipinski definition) is 1. The highest BCUT2D eigenvalue weighted by molar-refractivity contribution is 5.18. The molecule has 1 atom stereocenters. The van der Waals surface area contributed by atoms with Gasteiger partial charge in [0.15, 0.2) is 0 Å². The Morgan fingerprint density at radius 2 is 1.94 bits per heavy atom. The zero-order valence-corrected chi connectivity index (χ0v) is 11.5. The number of benzene rings is 1. The van der Waals surface area contributed by atoms with Crippen LogP contribution in [0.2, 0.25) is 0 Å². The molecule has 3 heteroatoms. The maximum absolute atomic E-state index is 13.5. The Hall–Kier alpha value is -0.960. The first-order chi connectivity index (χ1) is 8.52. The van der Waals surface area contributed by atoms with Gasteiger partial charge in [-0.25, -0.2) is 8.78 Å². The molecule has 0 fully saturated rings. The summed E-state index contributed by atoms with van der Waals surface area (Å²) < 4.78 is 26.5. The molecule has 0 aliphatic rings. The molecule has 1 aromatic carbocycles. The van der Waals surface area contributed by atoms with Gasteiger partial charge in [0.25, 0.3) is 0 Å². The number of halogens is 2. The van der Waals surface area contributed by atoms with E-state index in [0.29, 0.717) is 23.9 Å². The summed E-state index contributed by atoms with van der Waals surface area (Å²) in [5.74, 6) is -0.0714. The normalized spacial score (nSPS) is 13.0. The van der Waals surface area contributed by atoms with Gasteiger partial charge in [0.2, 0.25) is 0 Å². The Kier molecular flexibility index (Phi) is 6.27. The van der Waals surface area contributed by atoms with Crippen LogP contribution >= 0.6 is 0 Å². The molecule has 1 nitrogen and oxygen atoms in total. The third-order valence-electron chi connectivity index (χ3n) is 3.02. The molecule has 0 saturated carbocycles. The van der Waals surface area contributed by atoms with Crippen molar-refractivity contribution in [2.75, 3.05) is 6.54 Å². The number of aryl methyl sites for hydroxylation is 1. The minimum atomic E-state index is -0.365. The zero-order valence-electron chi connectivity index (χ0n) is 11.5. The van der Waals surface area contributed by atoms with Gasteiger partial charge in [0.1, 0.15) is 11.6 Å². The van der Waals surface area contributed by atoms with Crippen LogP contribution in [-0.4, -0.2) is 12.6 Å². The Morgan fingerprint density at radius 3 is 2.56 bits per heavy atom. The van der Waals surface area contributed by atoms with Crippen molar-refractivity contribution in [3.63, 3.8) is 0 Å². The van der Waals surface area contributed by atoms with Crippen molar-refractivity contribution in [3.05, 3.63) is 35.4 Å². The third kappa shape index (κ3) is 5.13. The van der Waals surface area contributed by atoms with Gasteiger partial charge in [0.05, 0.1) is 0 Å². The van der Waals surface area contributed by atoms with Crippen molar-refractivity contribution in [2.24, 2.45) is 5.92 Å². The number of nitrogens with one attached hydrogen (secondary N) is 1. The van der Waals surface area contributed by atoms with Crippen molar-refractivity contribution < 1.29 is 8.78 Å². The van der Waals surface area contributed by atoms with Crippen LogP contribution in [-0.2, 0) is 6.42 Å². The summed E-state index contributed by atoms with van der Waals surface area (Å²) in [5, 5.41) is 3.40. The summed E-state index contributed by atoms with van der Waals surface area (Å²) in [5.41, 5.74) is 0.474. The summed E-state index contributed by atoms with van der Waals surface area (Å²) in [7, 11) is 0. The van der Waals surface area contributed by atoms with E-state index in [1.54, 1.807) is 0 Å². The van der Waals surface area contributed by atoms with E-state index < -0.39 is 0 Å². The van der Waals surface area contributed by atoms with E-state index in [1.165, 1.54) is 12.1 Å². The largest absolute Gasteiger partial charge is 0.314 e. The first kappa shape index (κ1) is 15.1. The minimum absolute atomic E-state index is 0.309. The standard InChI is InChI=1S/C15H23F2N/c1-4-18-14(9-11(2)3)7-5-12-10-13(16)6-8-15(12)17/h6,8,10-11,14,18H,4-5,7,9H2,1-3H3. The lowest BCUT2D eigenvalue weighted by Gasteiger charge is -2.20. The van der Waals surface area contributed by atoms with Gasteiger partial charge in [-0.3, -0.25) is 0 Å². The first-order valence-electron chi connectivity index (χ1n) is 6.70. The summed E-state index contributed by atoms with van der Waals surface area (Å²) in [6, 6.07) is 4.04. The average molecular weight is 255 g/mol. The fourth-order valence-electron chi connectivity index (χ4n) is 2.23. The SMILES string of the molecule is CCNC(CCc1cc(F)ccc1F)CC(C)C. The third-order valence-corrected chi connectivity index (χ3v) is 3.02. The quantitative estimate of drug-likeness (QED) is 0.778. The summed E-state index contributed by atoms with van der Waals surface area (Å²) in [6.07, 6.45) is 2.48. The summed E-state index contributed by atoms with van der Waals surface area (Å²) >= 11 is 0. The number of hydrogen-bond acceptors (Lipinski definition) is 1. The molecule has 0 spiro atoms. The van der Waals surface area contributed by atoms with Gasteiger partial charge in [-0.05, 0) is 55.5 Å². The highest BCUT2D eigenvalue weighted by Gasteiger charge is 2.11. The Morgan fingerprint density at radius 1 is 1.22 bits per heavy atom. The average Bonchev–Trinajstić information content (AvgIpc) is 2.29. The molecular formula is C15H23F2N. The summed E-state index contributed by atoms with van der Waals surface area (Å²) in [6.45, 7) is 7.32. The second kappa shape index (κ2) is 7.47. The fraction of sp³-hybridized carbons (Fsp3) is 0.600. The van der Waals surface area contributed by atoms with Crippen LogP contribution in [0.3, 0.4) is 0 Å². The minimum Gasteiger partial charge on any atom is -0.314 e. The second-order valence-electron chi connectivity index (χ2n) is 5.16. The van der Waals surface area contributed by atoms with Crippen molar-refractivity contribution in [1.29, 1.82) is 0 Å². The predicted octanol–water partition coefficient (Wildman–Crippen LogP) is 3.92. The van der Waals surface area contributed by atoms with E-state index in [9.17, 15) is 8.78 Å². The van der Waals surface area contributed by atoms with E-state index in [-0.39, 0.29) is 11.6 Å². The van der Waals surface area contributed by atoms with Gasteiger partial charge in [-0.15, -0.1) is 0 Å². The van der Waals surface area contributed by atoms with Crippen LogP contribution < -0.4 is 5.32 Å². The lowest BCUT2D eigenvalue weighted by Crippen LogP contribution is -2.30. The van der Waals surface area contributed by atoms with E-state index in [0.717, 1.165) is 25.5 Å². The van der Waals surface area contributed by atoms with Gasteiger partial charge in [-0.2, -0.15) is 0 Å². The Bertz CT molecular complexity index is 364. The van der Waals surface area contributed by atoms with E-state index in [2.05, 4.69) is 26.1 Å². The molecule has 0 heterocycles. The van der Waals surface area contributed by atoms with Gasteiger partial charge < -0.3 is 5.32 Å². The topological polar surface area (TPSA) is 12.0 Å². The highest BCUT2D eigenvalue weighted by atomic mass is 19.1. The van der Waals surface area contributed by atoms with Crippen LogP contribution in [0, 0.1) is 17.6 Å². The highest BCUT2D eigenvalue weighted by Crippen LogP contribution is 2.15. The molecule has 1 aromatic rings. The van der Waals surface area contributed by atoms with Crippen molar-refractivity contribution in [1.82, 2.24) is 5.32 Å². The van der Waals surface area contributed by atoms with Crippen molar-refractivity contribution in [2.45, 2.75) is 46.1 Å². The monoisotopic (exact) mass is 255 g/mol. The predicted molar refractivity (Wildman–Crippen MR) is 71.6 cm³/mol. The maximum Gasteiger partial charge on any atom is 0.126 e. The molecular weight excluding hydrogens is 232 g/mol. The van der Waals surface area contributed by atoms with Gasteiger partial charge >= 0.3 is 0 Å². The molecule has 0 radical (unpaired) electrons. The molecule has 0 aromatic heterocycles. The molecule has 0 bridgehead atoms. The lowest BCUT2D eigenvalue weighted by molar-refractivity contribution is 0.403. The molecule has 0 aliphatic heterocycles. The molecule has 1 N–H and O–H groups in total. The maximum atomic E-state index is 13.5. The van der Waals surface area contributed by atoms with Gasteiger partial charge in [-0.1, -0.05) is 20.8 Å². The zero-order chi connectivity index (χ0) is 13.5. The van der Waals surface area contributed by atoms with Crippen LogP contribution in [0.5, 0.6) is 0 Å². The van der Waals surface area contributed by atoms with Crippen LogP contribution in [0.15, 0.2) is 18.2 Å². The molecule has 1 rings (SSSR count). The molecule has 102 valence electrons. The molecule has 0 amide bonds. The summed E-state index contributed by atoms with van der Waals surface area (Å²) in [4.78, 5) is 0. The van der Waals surface area contributed by atoms with E-state index in [4.69, 9.17) is 0 Å². The first-order valence-corrected chi connectivity index (χ1v) is 6.70. The van der Waals surface area contributed by atoms with Crippen LogP contribution in [0.4, 0.5) is 8.78 Å². The lowest BCUT2D eigenvalue weighted by atomic mass is 9.97. The molecule has 0 saturated heterocycles. The van der Waals surface area contributed by atoms with Crippen LogP contribution in [0.1, 0.15) is 39.2 Å². The molecule has 18 heavy (non-hydrogen) atoms. The fourth-order valence-corrected chi connectivity index (χ4v) is 2.23. The van der Waals surface area contributed by atoms with Crippen molar-refractivity contribution in [3.8, 4) is 0 Å². The van der Waals surface area contributed by atoms with E-state index in [1.807, 2.05) is 0 Å². The molecule has 1 unspecified atom stereocenters. The van der Waals surface area contributed by atoms with Crippen LogP contribution in [0.25, 0.3) is 0 Å². The molecule has 0 aliphatic carbocycles. The Balaban J connectivity index is 2.57. The second-order valence-corrected chi connectivity index (χ2v) is 5.16. The van der Waals surface area contributed by atoms with Gasteiger partial charge in [0, 0.05) is 6.04 Å². The van der Waals surface area contributed by atoms with E-state index >= 15 is 0 Å². The number of rotatable bonds is 7. The van der Waals surface area contributed by atoms with Crippen molar-refractivity contribution >= 4 is 0 Å². The smallest absolute Gasteiger partial charge is 0.126 e.